The number of carbonyl (C=O) groups is 3. The number of nitrogens with zero attached hydrogens (tertiary/aromatic N) is 1. The summed E-state index contributed by atoms with van der Waals surface area (Å²) in [5.74, 6) is -3.27. The van der Waals surface area contributed by atoms with Crippen molar-refractivity contribution in [2.24, 2.45) is 11.8 Å². The lowest BCUT2D eigenvalue weighted by molar-refractivity contribution is -0.130. The average Bonchev–Trinajstić information content (AvgIpc) is 3.40. The van der Waals surface area contributed by atoms with Crippen LogP contribution in [0.5, 0.6) is 0 Å². The Hall–Kier alpha value is -3.84. The molecule has 0 aliphatic carbocycles. The molecule has 0 saturated carbocycles. The Kier molecular flexibility index (Phi) is 4.25. The smallest absolute Gasteiger partial charge is 0.250 e. The molecule has 2 fully saturated rings. The van der Waals surface area contributed by atoms with Crippen LogP contribution in [0.25, 0.3) is 0 Å². The van der Waals surface area contributed by atoms with E-state index in [1.807, 2.05) is 48.5 Å². The van der Waals surface area contributed by atoms with Crippen LogP contribution in [0.1, 0.15) is 11.1 Å². The van der Waals surface area contributed by atoms with E-state index in [1.165, 1.54) is 24.3 Å². The Morgan fingerprint density at radius 2 is 1.55 bits per heavy atom. The molecule has 33 heavy (non-hydrogen) atoms. The number of imide groups is 1. The van der Waals surface area contributed by atoms with Gasteiger partial charge >= 0.3 is 0 Å². The molecule has 1 spiro atoms. The zero-order valence-corrected chi connectivity index (χ0v) is 17.5. The van der Waals surface area contributed by atoms with Crippen LogP contribution in [0.4, 0.5) is 15.8 Å². The minimum Gasteiger partial charge on any atom is -0.324 e. The third-order valence-electron chi connectivity index (χ3n) is 7.01. The summed E-state index contributed by atoms with van der Waals surface area (Å²) in [6.07, 6.45) is 0.482. The van der Waals surface area contributed by atoms with Crippen molar-refractivity contribution in [3.8, 4) is 0 Å². The van der Waals surface area contributed by atoms with Crippen LogP contribution in [0.2, 0.25) is 0 Å². The van der Waals surface area contributed by atoms with E-state index in [0.29, 0.717) is 23.4 Å². The minimum atomic E-state index is -1.35. The number of halogens is 1. The predicted octanol–water partition coefficient (Wildman–Crippen LogP) is 2.99. The van der Waals surface area contributed by atoms with E-state index in [2.05, 4.69) is 10.6 Å². The summed E-state index contributed by atoms with van der Waals surface area (Å²) < 4.78 is 13.5. The molecule has 2 saturated heterocycles. The van der Waals surface area contributed by atoms with Gasteiger partial charge in [-0.3, -0.25) is 19.7 Å². The highest BCUT2D eigenvalue weighted by atomic mass is 19.1. The molecule has 0 radical (unpaired) electrons. The molecule has 0 unspecified atom stereocenters. The molecule has 0 aromatic heterocycles. The van der Waals surface area contributed by atoms with E-state index in [-0.39, 0.29) is 11.8 Å². The molecule has 0 bridgehead atoms. The molecule has 3 heterocycles. The van der Waals surface area contributed by atoms with Crippen LogP contribution in [0.3, 0.4) is 0 Å². The molecule has 3 aromatic carbocycles. The van der Waals surface area contributed by atoms with Crippen LogP contribution in [-0.2, 0) is 26.3 Å². The van der Waals surface area contributed by atoms with Gasteiger partial charge in [-0.05, 0) is 42.3 Å². The molecule has 3 aliphatic rings. The number of amides is 3. The third kappa shape index (κ3) is 2.72. The summed E-state index contributed by atoms with van der Waals surface area (Å²) in [6, 6.07) is 21.8. The highest BCUT2D eigenvalue weighted by Gasteiger charge is 2.70. The average molecular weight is 441 g/mol. The summed E-state index contributed by atoms with van der Waals surface area (Å²) in [7, 11) is 0. The number of carbonyl (C=O) groups excluding carboxylic acids is 3. The second-order valence-corrected chi connectivity index (χ2v) is 8.74. The fourth-order valence-corrected chi connectivity index (χ4v) is 5.65. The van der Waals surface area contributed by atoms with E-state index < -0.39 is 35.1 Å². The number of anilines is 2. The van der Waals surface area contributed by atoms with E-state index in [9.17, 15) is 18.8 Å². The summed E-state index contributed by atoms with van der Waals surface area (Å²) in [4.78, 5) is 42.0. The fourth-order valence-electron chi connectivity index (χ4n) is 5.65. The van der Waals surface area contributed by atoms with E-state index in [1.54, 1.807) is 6.07 Å². The predicted molar refractivity (Wildman–Crippen MR) is 120 cm³/mol. The van der Waals surface area contributed by atoms with Gasteiger partial charge in [0.15, 0.2) is 0 Å². The van der Waals surface area contributed by atoms with Gasteiger partial charge in [0, 0.05) is 17.3 Å². The monoisotopic (exact) mass is 441 g/mol. The topological polar surface area (TPSA) is 78.5 Å². The zero-order chi connectivity index (χ0) is 22.7. The van der Waals surface area contributed by atoms with Gasteiger partial charge in [-0.15, -0.1) is 0 Å². The molecule has 2 N–H and O–H groups in total. The van der Waals surface area contributed by atoms with Crippen molar-refractivity contribution < 1.29 is 18.8 Å². The Morgan fingerprint density at radius 3 is 2.30 bits per heavy atom. The molecule has 6 rings (SSSR count). The van der Waals surface area contributed by atoms with Gasteiger partial charge in [0.25, 0.3) is 0 Å². The van der Waals surface area contributed by atoms with Crippen molar-refractivity contribution in [2.45, 2.75) is 18.0 Å². The highest BCUT2D eigenvalue weighted by molar-refractivity contribution is 6.25. The molecular formula is C26H20FN3O3. The minimum absolute atomic E-state index is 0.307. The van der Waals surface area contributed by atoms with Gasteiger partial charge in [0.05, 0.1) is 17.5 Å². The quantitative estimate of drug-likeness (QED) is 0.613. The van der Waals surface area contributed by atoms with Crippen LogP contribution in [0.15, 0.2) is 78.9 Å². The maximum Gasteiger partial charge on any atom is 0.250 e. The van der Waals surface area contributed by atoms with Gasteiger partial charge in [0.2, 0.25) is 17.7 Å². The first-order valence-corrected chi connectivity index (χ1v) is 10.9. The standard InChI is InChI=1S/C26H20FN3O3/c27-16-10-12-17(13-11-16)30-23(31)21-20(14-15-6-2-1-3-7-15)29-26(22(21)24(30)32)18-8-4-5-9-19(18)28-25(26)33/h1-13,20-22,29H,14H2,(H,28,33)/t20-,21+,22+,26-/m0/s1. The molecule has 164 valence electrons. The summed E-state index contributed by atoms with van der Waals surface area (Å²) in [5.41, 5.74) is 1.26. The first kappa shape index (κ1) is 19.8. The number of nitrogens with one attached hydrogen (secondary N) is 2. The number of benzene rings is 3. The van der Waals surface area contributed by atoms with Gasteiger partial charge in [-0.1, -0.05) is 48.5 Å². The van der Waals surface area contributed by atoms with Gasteiger partial charge in [-0.2, -0.15) is 0 Å². The second kappa shape index (κ2) is 7.08. The van der Waals surface area contributed by atoms with E-state index in [0.717, 1.165) is 10.5 Å². The normalized spacial score (nSPS) is 27.7. The van der Waals surface area contributed by atoms with E-state index in [4.69, 9.17) is 0 Å². The maximum absolute atomic E-state index is 13.8. The van der Waals surface area contributed by atoms with Crippen molar-refractivity contribution in [3.63, 3.8) is 0 Å². The van der Waals surface area contributed by atoms with Crippen molar-refractivity contribution in [2.75, 3.05) is 10.2 Å². The van der Waals surface area contributed by atoms with Crippen LogP contribution in [0, 0.1) is 17.7 Å². The Labute approximate surface area is 189 Å². The van der Waals surface area contributed by atoms with Crippen molar-refractivity contribution in [3.05, 3.63) is 95.8 Å². The summed E-state index contributed by atoms with van der Waals surface area (Å²) in [5, 5.41) is 6.32. The zero-order valence-electron chi connectivity index (χ0n) is 17.5. The van der Waals surface area contributed by atoms with Crippen molar-refractivity contribution in [1.29, 1.82) is 0 Å². The second-order valence-electron chi connectivity index (χ2n) is 8.74. The van der Waals surface area contributed by atoms with Crippen molar-refractivity contribution in [1.82, 2.24) is 5.32 Å². The first-order valence-electron chi connectivity index (χ1n) is 10.9. The highest BCUT2D eigenvalue weighted by Crippen LogP contribution is 2.53. The number of rotatable bonds is 3. The van der Waals surface area contributed by atoms with E-state index >= 15 is 0 Å². The SMILES string of the molecule is O=C1[C@@H]2[C@H](Cc3ccccc3)N[C@]3(C(=O)Nc4ccccc43)[C@H]2C(=O)N1c1ccc(F)cc1. The number of para-hydroxylation sites is 1. The Morgan fingerprint density at radius 1 is 0.848 bits per heavy atom. The molecule has 6 nitrogen and oxygen atoms in total. The largest absolute Gasteiger partial charge is 0.324 e. The molecule has 3 aromatic rings. The molecule has 3 amide bonds. The van der Waals surface area contributed by atoms with Crippen LogP contribution < -0.4 is 15.5 Å². The molecule has 3 aliphatic heterocycles. The van der Waals surface area contributed by atoms with Gasteiger partial charge in [-0.25, -0.2) is 9.29 Å². The lowest BCUT2D eigenvalue weighted by Crippen LogP contribution is -2.53. The summed E-state index contributed by atoms with van der Waals surface area (Å²) >= 11 is 0. The molecule has 7 heteroatoms. The Bertz CT molecular complexity index is 1290. The van der Waals surface area contributed by atoms with Gasteiger partial charge < -0.3 is 5.32 Å². The van der Waals surface area contributed by atoms with Gasteiger partial charge in [0.1, 0.15) is 11.4 Å². The third-order valence-corrected chi connectivity index (χ3v) is 7.01. The maximum atomic E-state index is 13.8. The Balaban J connectivity index is 1.49. The molecular weight excluding hydrogens is 421 g/mol. The van der Waals surface area contributed by atoms with Crippen LogP contribution >= 0.6 is 0 Å². The van der Waals surface area contributed by atoms with Crippen LogP contribution in [-0.4, -0.2) is 23.8 Å². The lowest BCUT2D eigenvalue weighted by atomic mass is 9.76. The number of hydrogen-bond acceptors (Lipinski definition) is 4. The number of hydrogen-bond donors (Lipinski definition) is 2. The fraction of sp³-hybridized carbons (Fsp3) is 0.192. The lowest BCUT2D eigenvalue weighted by Gasteiger charge is -2.29. The molecule has 4 atom stereocenters. The van der Waals surface area contributed by atoms with Crippen molar-refractivity contribution >= 4 is 29.1 Å². The summed E-state index contributed by atoms with van der Waals surface area (Å²) in [6.45, 7) is 0. The number of fused-ring (bicyclic) bond motifs is 4. The first-order chi connectivity index (χ1) is 16.0.